The minimum atomic E-state index is -3.80. The van der Waals surface area contributed by atoms with Gasteiger partial charge in [0.25, 0.3) is 0 Å². The van der Waals surface area contributed by atoms with Crippen molar-refractivity contribution in [1.82, 2.24) is 14.9 Å². The van der Waals surface area contributed by atoms with Crippen molar-refractivity contribution >= 4 is 38.7 Å². The van der Waals surface area contributed by atoms with Gasteiger partial charge in [-0.25, -0.2) is 18.5 Å². The summed E-state index contributed by atoms with van der Waals surface area (Å²) in [5.74, 6) is 0.197. The number of nitrogens with one attached hydrogen (secondary N) is 1. The fraction of sp³-hybridized carbons (Fsp3) is 0.391. The predicted molar refractivity (Wildman–Crippen MR) is 129 cm³/mol. The molecule has 3 rings (SSSR count). The zero-order valence-electron chi connectivity index (χ0n) is 18.5. The van der Waals surface area contributed by atoms with Gasteiger partial charge < -0.3 is 9.88 Å². The van der Waals surface area contributed by atoms with Crippen LogP contribution in [0.4, 0.5) is 0 Å². The summed E-state index contributed by atoms with van der Waals surface area (Å²) in [5.41, 5.74) is 2.66. The summed E-state index contributed by atoms with van der Waals surface area (Å²) in [4.78, 5) is 17.1. The molecule has 0 saturated heterocycles. The van der Waals surface area contributed by atoms with Gasteiger partial charge in [0.1, 0.15) is 0 Å². The molecule has 0 spiro atoms. The zero-order chi connectivity index (χ0) is 23.1. The molecule has 1 heterocycles. The van der Waals surface area contributed by atoms with Crippen LogP contribution in [0.15, 0.2) is 58.6 Å². The van der Waals surface area contributed by atoms with E-state index in [1.165, 1.54) is 29.5 Å². The van der Waals surface area contributed by atoms with Crippen LogP contribution in [0.5, 0.6) is 0 Å². The Hall–Kier alpha value is -2.36. The highest BCUT2D eigenvalue weighted by molar-refractivity contribution is 7.99. The highest BCUT2D eigenvalue weighted by atomic mass is 32.2. The number of nitrogens with zero attached hydrogens (tertiary/aromatic N) is 2. The number of unbranched alkanes of at least 4 members (excludes halogenated alkanes) is 1. The van der Waals surface area contributed by atoms with E-state index in [0.717, 1.165) is 37.7 Å². The van der Waals surface area contributed by atoms with E-state index in [1.54, 1.807) is 6.07 Å². The predicted octanol–water partition coefficient (Wildman–Crippen LogP) is 3.71. The molecule has 7 nitrogen and oxygen atoms in total. The fourth-order valence-electron chi connectivity index (χ4n) is 3.45. The monoisotopic (exact) mass is 474 g/mol. The highest BCUT2D eigenvalue weighted by Gasteiger charge is 2.16. The minimum absolute atomic E-state index is 0.0340. The number of hydrogen-bond donors (Lipinski definition) is 2. The first-order valence-corrected chi connectivity index (χ1v) is 13.3. The maximum Gasteiger partial charge on any atom is 0.238 e. The van der Waals surface area contributed by atoms with Crippen LogP contribution in [0.25, 0.3) is 11.0 Å². The maximum absolute atomic E-state index is 12.5. The number of imidazole rings is 1. The lowest BCUT2D eigenvalue weighted by Gasteiger charge is -2.14. The van der Waals surface area contributed by atoms with Crippen LogP contribution < -0.4 is 10.5 Å². The minimum Gasteiger partial charge on any atom is -0.353 e. The molecule has 3 aromatic rings. The van der Waals surface area contributed by atoms with Crippen molar-refractivity contribution in [2.45, 2.75) is 62.2 Å². The van der Waals surface area contributed by atoms with Crippen molar-refractivity contribution in [1.29, 1.82) is 0 Å². The summed E-state index contributed by atoms with van der Waals surface area (Å²) >= 11 is 1.36. The number of sulfonamides is 1. The van der Waals surface area contributed by atoms with E-state index in [4.69, 9.17) is 5.14 Å². The van der Waals surface area contributed by atoms with Crippen molar-refractivity contribution < 1.29 is 13.2 Å². The number of nitrogens with two attached hydrogens (primary N) is 1. The molecule has 0 saturated carbocycles. The van der Waals surface area contributed by atoms with Gasteiger partial charge in [0, 0.05) is 12.6 Å². The molecular weight excluding hydrogens is 444 g/mol. The number of fused-ring (bicyclic) bond motifs is 1. The van der Waals surface area contributed by atoms with Crippen molar-refractivity contribution in [3.63, 3.8) is 0 Å². The van der Waals surface area contributed by atoms with Crippen molar-refractivity contribution in [3.05, 3.63) is 54.1 Å². The van der Waals surface area contributed by atoms with E-state index >= 15 is 0 Å². The summed E-state index contributed by atoms with van der Waals surface area (Å²) in [6.45, 7) is 4.87. The second-order valence-corrected chi connectivity index (χ2v) is 10.4. The van der Waals surface area contributed by atoms with Crippen LogP contribution in [-0.2, 0) is 27.8 Å². The smallest absolute Gasteiger partial charge is 0.238 e. The van der Waals surface area contributed by atoms with Crippen LogP contribution in [0.2, 0.25) is 0 Å². The first-order valence-electron chi connectivity index (χ1n) is 10.8. The molecule has 2 aromatic carbocycles. The summed E-state index contributed by atoms with van der Waals surface area (Å²) in [6.07, 6.45) is 3.75. The number of thioether (sulfide) groups is 1. The summed E-state index contributed by atoms with van der Waals surface area (Å²) in [5, 5.41) is 9.01. The third-order valence-corrected chi connectivity index (χ3v) is 7.08. The SMILES string of the molecule is CCCCn1c(SCC(=O)N[C@@H](C)CCc2ccccc2)nc2cc(S(N)(=O)=O)ccc21. The Balaban J connectivity index is 1.65. The lowest BCUT2D eigenvalue weighted by atomic mass is 10.1. The molecule has 1 atom stereocenters. The molecule has 9 heteroatoms. The van der Waals surface area contributed by atoms with Gasteiger partial charge in [0.2, 0.25) is 15.9 Å². The molecule has 32 heavy (non-hydrogen) atoms. The van der Waals surface area contributed by atoms with Crippen LogP contribution in [0.3, 0.4) is 0 Å². The number of benzene rings is 2. The first-order chi connectivity index (χ1) is 15.3. The van der Waals surface area contributed by atoms with Gasteiger partial charge in [-0.05, 0) is 49.9 Å². The van der Waals surface area contributed by atoms with Crippen LogP contribution in [0.1, 0.15) is 38.7 Å². The molecule has 1 amide bonds. The van der Waals surface area contributed by atoms with E-state index in [-0.39, 0.29) is 22.6 Å². The molecule has 0 aliphatic heterocycles. The average Bonchev–Trinajstić information content (AvgIpc) is 3.11. The van der Waals surface area contributed by atoms with Gasteiger partial charge in [-0.15, -0.1) is 0 Å². The molecule has 0 fully saturated rings. The largest absolute Gasteiger partial charge is 0.353 e. The molecule has 0 radical (unpaired) electrons. The van der Waals surface area contributed by atoms with Gasteiger partial charge in [-0.2, -0.15) is 0 Å². The summed E-state index contributed by atoms with van der Waals surface area (Å²) in [7, 11) is -3.80. The Kier molecular flexibility index (Phi) is 8.33. The van der Waals surface area contributed by atoms with Crippen LogP contribution >= 0.6 is 11.8 Å². The fourth-order valence-corrected chi connectivity index (χ4v) is 4.84. The Morgan fingerprint density at radius 2 is 1.97 bits per heavy atom. The number of primary sulfonamides is 1. The van der Waals surface area contributed by atoms with Crippen molar-refractivity contribution in [2.75, 3.05) is 5.75 Å². The Bertz CT molecular complexity index is 1160. The van der Waals surface area contributed by atoms with E-state index in [9.17, 15) is 13.2 Å². The molecule has 0 unspecified atom stereocenters. The Morgan fingerprint density at radius 3 is 2.66 bits per heavy atom. The topological polar surface area (TPSA) is 107 Å². The summed E-state index contributed by atoms with van der Waals surface area (Å²) < 4.78 is 25.4. The number of aryl methyl sites for hydroxylation is 2. The van der Waals surface area contributed by atoms with Crippen LogP contribution in [-0.4, -0.2) is 35.7 Å². The Morgan fingerprint density at radius 1 is 1.22 bits per heavy atom. The van der Waals surface area contributed by atoms with E-state index in [1.807, 2.05) is 29.7 Å². The van der Waals surface area contributed by atoms with E-state index in [2.05, 4.69) is 29.4 Å². The van der Waals surface area contributed by atoms with Gasteiger partial charge in [-0.3, -0.25) is 4.79 Å². The third kappa shape index (κ3) is 6.57. The first kappa shape index (κ1) is 24.3. The normalized spacial score (nSPS) is 12.7. The zero-order valence-corrected chi connectivity index (χ0v) is 20.1. The van der Waals surface area contributed by atoms with Gasteiger partial charge in [0.15, 0.2) is 5.16 Å². The van der Waals surface area contributed by atoms with Crippen LogP contribution in [0, 0.1) is 0 Å². The number of rotatable bonds is 11. The molecule has 0 aliphatic carbocycles. The van der Waals surface area contributed by atoms with Gasteiger partial charge in [-0.1, -0.05) is 55.4 Å². The third-order valence-electron chi connectivity index (χ3n) is 5.20. The number of carbonyl (C=O) groups is 1. The highest BCUT2D eigenvalue weighted by Crippen LogP contribution is 2.26. The Labute approximate surface area is 193 Å². The second-order valence-electron chi connectivity index (χ2n) is 7.88. The van der Waals surface area contributed by atoms with Crippen molar-refractivity contribution in [2.24, 2.45) is 5.14 Å². The number of hydrogen-bond acceptors (Lipinski definition) is 5. The van der Waals surface area contributed by atoms with Gasteiger partial charge >= 0.3 is 0 Å². The molecule has 172 valence electrons. The van der Waals surface area contributed by atoms with Gasteiger partial charge in [0.05, 0.1) is 21.7 Å². The number of carbonyl (C=O) groups excluding carboxylic acids is 1. The lowest BCUT2D eigenvalue weighted by Crippen LogP contribution is -2.34. The molecule has 0 aliphatic rings. The molecule has 0 bridgehead atoms. The second kappa shape index (κ2) is 11.0. The quantitative estimate of drug-likeness (QED) is 0.412. The van der Waals surface area contributed by atoms with E-state index < -0.39 is 10.0 Å². The number of amides is 1. The average molecular weight is 475 g/mol. The molecular formula is C23H30N4O3S2. The lowest BCUT2D eigenvalue weighted by molar-refractivity contribution is -0.119. The molecule has 1 aromatic heterocycles. The maximum atomic E-state index is 12.5. The standard InChI is InChI=1S/C23H30N4O3S2/c1-3-4-14-27-21-13-12-19(32(24,29)30)15-20(21)26-23(27)31-16-22(28)25-17(2)10-11-18-8-6-5-7-9-18/h5-9,12-13,15,17H,3-4,10-11,14,16H2,1-2H3,(H,25,28)(H2,24,29,30)/t17-/m0/s1. The number of aromatic nitrogens is 2. The molecule has 3 N–H and O–H groups in total. The van der Waals surface area contributed by atoms with E-state index in [0.29, 0.717) is 10.7 Å². The summed E-state index contributed by atoms with van der Waals surface area (Å²) in [6, 6.07) is 15.0. The van der Waals surface area contributed by atoms with Crippen molar-refractivity contribution in [3.8, 4) is 0 Å².